The van der Waals surface area contributed by atoms with Gasteiger partial charge in [-0.3, -0.25) is 0 Å². The average molecular weight is 239 g/mol. The van der Waals surface area contributed by atoms with Crippen molar-refractivity contribution in [3.63, 3.8) is 0 Å². The van der Waals surface area contributed by atoms with Gasteiger partial charge in [0.25, 0.3) is 0 Å². The lowest BCUT2D eigenvalue weighted by molar-refractivity contribution is 0.414. The van der Waals surface area contributed by atoms with Crippen LogP contribution in [-0.4, -0.2) is 20.8 Å². The van der Waals surface area contributed by atoms with Crippen LogP contribution in [0.2, 0.25) is 0 Å². The average Bonchev–Trinajstić information content (AvgIpc) is 2.29. The van der Waals surface area contributed by atoms with E-state index >= 15 is 0 Å². The summed E-state index contributed by atoms with van der Waals surface area (Å²) in [6.07, 6.45) is -0.00559. The molecule has 0 heterocycles. The molecule has 16 heavy (non-hydrogen) atoms. The lowest BCUT2D eigenvalue weighted by Crippen LogP contribution is -2.17. The summed E-state index contributed by atoms with van der Waals surface area (Å²) in [5.74, 6) is 0.604. The van der Waals surface area contributed by atoms with E-state index < -0.39 is 15.1 Å². The third-order valence-electron chi connectivity index (χ3n) is 2.30. The molecule has 5 heteroatoms. The highest BCUT2D eigenvalue weighted by molar-refractivity contribution is 7.92. The summed E-state index contributed by atoms with van der Waals surface area (Å²) in [5, 5.41) is 7.81. The summed E-state index contributed by atoms with van der Waals surface area (Å²) < 4.78 is 28.8. The van der Waals surface area contributed by atoms with Crippen LogP contribution in [0.15, 0.2) is 29.2 Å². The number of ether oxygens (including phenoxy) is 1. The molecular weight excluding hydrogens is 226 g/mol. The zero-order valence-electron chi connectivity index (χ0n) is 9.17. The van der Waals surface area contributed by atoms with Crippen LogP contribution in [-0.2, 0) is 9.84 Å². The van der Waals surface area contributed by atoms with E-state index in [9.17, 15) is 8.42 Å². The second-order valence-corrected chi connectivity index (χ2v) is 5.76. The van der Waals surface area contributed by atoms with Crippen molar-refractivity contribution in [1.82, 2.24) is 0 Å². The van der Waals surface area contributed by atoms with Crippen LogP contribution >= 0.6 is 0 Å². The first-order valence-electron chi connectivity index (χ1n) is 4.77. The minimum atomic E-state index is -3.40. The molecular formula is C11H13NO3S. The van der Waals surface area contributed by atoms with Crippen LogP contribution in [0.4, 0.5) is 0 Å². The zero-order valence-corrected chi connectivity index (χ0v) is 9.99. The van der Waals surface area contributed by atoms with Crippen molar-refractivity contribution in [1.29, 1.82) is 5.26 Å². The maximum Gasteiger partial charge on any atom is 0.181 e. The van der Waals surface area contributed by atoms with Crippen LogP contribution in [0.5, 0.6) is 5.75 Å². The fourth-order valence-electron chi connectivity index (χ4n) is 1.24. The molecule has 0 aromatic heterocycles. The highest BCUT2D eigenvalue weighted by Gasteiger charge is 2.22. The molecule has 1 aromatic carbocycles. The molecule has 0 saturated carbocycles. The molecule has 1 aromatic rings. The van der Waals surface area contributed by atoms with E-state index in [-0.39, 0.29) is 11.3 Å². The molecule has 0 aliphatic heterocycles. The summed E-state index contributed by atoms with van der Waals surface area (Å²) in [6, 6.07) is 8.02. The van der Waals surface area contributed by atoms with Gasteiger partial charge < -0.3 is 4.74 Å². The SMILES string of the molecule is COc1ccc(S(=O)(=O)C(C)CC#N)cc1. The number of hydrogen-bond acceptors (Lipinski definition) is 4. The normalized spacial score (nSPS) is 12.8. The van der Waals surface area contributed by atoms with Crippen LogP contribution < -0.4 is 4.74 Å². The summed E-state index contributed by atoms with van der Waals surface area (Å²) in [7, 11) is -1.89. The number of nitrogens with zero attached hydrogens (tertiary/aromatic N) is 1. The fourth-order valence-corrected chi connectivity index (χ4v) is 2.51. The molecule has 1 rings (SSSR count). The molecule has 0 saturated heterocycles. The predicted octanol–water partition coefficient (Wildman–Crippen LogP) is 1.77. The van der Waals surface area contributed by atoms with Gasteiger partial charge in [-0.05, 0) is 31.2 Å². The molecule has 0 spiro atoms. The molecule has 0 aliphatic rings. The third kappa shape index (κ3) is 2.52. The quantitative estimate of drug-likeness (QED) is 0.803. The van der Waals surface area contributed by atoms with Crippen molar-refractivity contribution in [2.24, 2.45) is 0 Å². The fraction of sp³-hybridized carbons (Fsp3) is 0.364. The maximum absolute atomic E-state index is 11.9. The number of methoxy groups -OCH3 is 1. The van der Waals surface area contributed by atoms with E-state index in [1.165, 1.54) is 26.2 Å². The molecule has 0 aliphatic carbocycles. The molecule has 4 nitrogen and oxygen atoms in total. The van der Waals surface area contributed by atoms with Gasteiger partial charge in [0.2, 0.25) is 0 Å². The van der Waals surface area contributed by atoms with Crippen molar-refractivity contribution in [3.8, 4) is 11.8 Å². The smallest absolute Gasteiger partial charge is 0.181 e. The van der Waals surface area contributed by atoms with E-state index in [0.717, 1.165) is 0 Å². The molecule has 0 bridgehead atoms. The maximum atomic E-state index is 11.9. The van der Waals surface area contributed by atoms with E-state index in [4.69, 9.17) is 10.00 Å². The van der Waals surface area contributed by atoms with Crippen molar-refractivity contribution in [3.05, 3.63) is 24.3 Å². The molecule has 0 N–H and O–H groups in total. The van der Waals surface area contributed by atoms with E-state index in [1.807, 2.05) is 6.07 Å². The summed E-state index contributed by atoms with van der Waals surface area (Å²) in [5.41, 5.74) is 0. The van der Waals surface area contributed by atoms with Gasteiger partial charge in [0.1, 0.15) is 5.75 Å². The Kier molecular flexibility index (Phi) is 3.91. The van der Waals surface area contributed by atoms with E-state index in [0.29, 0.717) is 5.75 Å². The highest BCUT2D eigenvalue weighted by Crippen LogP contribution is 2.20. The monoisotopic (exact) mass is 239 g/mol. The van der Waals surface area contributed by atoms with Gasteiger partial charge in [-0.15, -0.1) is 0 Å². The molecule has 0 fully saturated rings. The standard InChI is InChI=1S/C11H13NO3S/c1-9(7-8-12)16(13,14)11-5-3-10(15-2)4-6-11/h3-6,9H,7H2,1-2H3. The predicted molar refractivity (Wildman–Crippen MR) is 59.9 cm³/mol. The first kappa shape index (κ1) is 12.5. The lowest BCUT2D eigenvalue weighted by atomic mass is 10.3. The number of rotatable bonds is 4. The number of nitriles is 1. The van der Waals surface area contributed by atoms with E-state index in [2.05, 4.69) is 0 Å². The lowest BCUT2D eigenvalue weighted by Gasteiger charge is -2.09. The van der Waals surface area contributed by atoms with Crippen molar-refractivity contribution >= 4 is 9.84 Å². The Labute approximate surface area is 95.4 Å². The number of benzene rings is 1. The molecule has 1 unspecified atom stereocenters. The topological polar surface area (TPSA) is 67.2 Å². The summed E-state index contributed by atoms with van der Waals surface area (Å²) in [4.78, 5) is 0.219. The van der Waals surface area contributed by atoms with Gasteiger partial charge >= 0.3 is 0 Å². The van der Waals surface area contributed by atoms with Crippen molar-refractivity contribution in [2.75, 3.05) is 7.11 Å². The van der Waals surface area contributed by atoms with Gasteiger partial charge in [-0.2, -0.15) is 5.26 Å². The van der Waals surface area contributed by atoms with Crippen molar-refractivity contribution < 1.29 is 13.2 Å². The van der Waals surface area contributed by atoms with Gasteiger partial charge in [0.05, 0.1) is 29.7 Å². The van der Waals surface area contributed by atoms with E-state index in [1.54, 1.807) is 12.1 Å². The first-order chi connectivity index (χ1) is 7.52. The Morgan fingerprint density at radius 3 is 2.38 bits per heavy atom. The molecule has 86 valence electrons. The van der Waals surface area contributed by atoms with Gasteiger partial charge in [0.15, 0.2) is 9.84 Å². The number of sulfone groups is 1. The van der Waals surface area contributed by atoms with Crippen LogP contribution in [0.3, 0.4) is 0 Å². The minimum Gasteiger partial charge on any atom is -0.497 e. The van der Waals surface area contributed by atoms with Gasteiger partial charge in [0, 0.05) is 0 Å². The number of hydrogen-bond donors (Lipinski definition) is 0. The van der Waals surface area contributed by atoms with Gasteiger partial charge in [-0.25, -0.2) is 8.42 Å². The largest absolute Gasteiger partial charge is 0.497 e. The summed E-state index contributed by atoms with van der Waals surface area (Å²) >= 11 is 0. The Balaban J connectivity index is 3.04. The van der Waals surface area contributed by atoms with Crippen molar-refractivity contribution in [2.45, 2.75) is 23.5 Å². The highest BCUT2D eigenvalue weighted by atomic mass is 32.2. The Morgan fingerprint density at radius 1 is 1.38 bits per heavy atom. The first-order valence-corrected chi connectivity index (χ1v) is 6.32. The minimum absolute atomic E-state index is 0.00559. The Bertz CT molecular complexity index is 485. The van der Waals surface area contributed by atoms with Crippen LogP contribution in [0, 0.1) is 11.3 Å². The second-order valence-electron chi connectivity index (χ2n) is 3.39. The van der Waals surface area contributed by atoms with Gasteiger partial charge in [-0.1, -0.05) is 0 Å². The zero-order chi connectivity index (χ0) is 12.2. The molecule has 1 atom stereocenters. The molecule has 0 radical (unpaired) electrons. The third-order valence-corrected chi connectivity index (χ3v) is 4.45. The van der Waals surface area contributed by atoms with Crippen LogP contribution in [0.25, 0.3) is 0 Å². The molecule has 0 amide bonds. The Hall–Kier alpha value is -1.54. The van der Waals surface area contributed by atoms with Crippen LogP contribution in [0.1, 0.15) is 13.3 Å². The Morgan fingerprint density at radius 2 is 1.94 bits per heavy atom. The second kappa shape index (κ2) is 4.99. The summed E-state index contributed by atoms with van der Waals surface area (Å²) in [6.45, 7) is 1.53.